The molecule has 2 rings (SSSR count). The predicted octanol–water partition coefficient (Wildman–Crippen LogP) is 4.17. The van der Waals surface area contributed by atoms with Crippen LogP contribution in [0.15, 0.2) is 23.6 Å². The molecule has 20 heavy (non-hydrogen) atoms. The molecule has 0 aliphatic heterocycles. The zero-order valence-corrected chi connectivity index (χ0v) is 10.8. The molecule has 1 aromatic heterocycles. The van der Waals surface area contributed by atoms with E-state index in [1.807, 2.05) is 0 Å². The third-order valence-corrected chi connectivity index (χ3v) is 3.00. The zero-order valence-electron chi connectivity index (χ0n) is 9.97. The second-order valence-electron chi connectivity index (χ2n) is 3.83. The summed E-state index contributed by atoms with van der Waals surface area (Å²) in [6, 6.07) is 4.10. The Kier molecular flexibility index (Phi) is 3.62. The molecule has 0 amide bonds. The van der Waals surface area contributed by atoms with Gasteiger partial charge in [0, 0.05) is 11.4 Å². The van der Waals surface area contributed by atoms with Crippen LogP contribution >= 0.6 is 11.3 Å². The molecule has 2 aromatic rings. The van der Waals surface area contributed by atoms with E-state index in [1.165, 1.54) is 18.2 Å². The van der Waals surface area contributed by atoms with Crippen molar-refractivity contribution in [1.29, 1.82) is 0 Å². The van der Waals surface area contributed by atoms with Gasteiger partial charge >= 0.3 is 11.9 Å². The first-order chi connectivity index (χ1) is 9.27. The Labute approximate surface area is 114 Å². The highest BCUT2D eigenvalue weighted by atomic mass is 32.1. The van der Waals surface area contributed by atoms with E-state index in [-0.39, 0.29) is 16.6 Å². The molecule has 1 aromatic carbocycles. The van der Waals surface area contributed by atoms with Gasteiger partial charge in [0.05, 0.1) is 4.92 Å². The van der Waals surface area contributed by atoms with Gasteiger partial charge in [-0.3, -0.25) is 10.1 Å². The van der Waals surface area contributed by atoms with E-state index in [9.17, 15) is 23.3 Å². The molecular formula is C11H7F3N2O3S. The highest BCUT2D eigenvalue weighted by Gasteiger charge is 2.34. The van der Waals surface area contributed by atoms with Crippen molar-refractivity contribution in [1.82, 2.24) is 4.98 Å². The van der Waals surface area contributed by atoms with Crippen LogP contribution in [0.4, 0.5) is 18.9 Å². The minimum absolute atomic E-state index is 0.141. The fraction of sp³-hybridized carbons (Fsp3) is 0.182. The number of thiazole rings is 1. The molecule has 1 heterocycles. The van der Waals surface area contributed by atoms with Gasteiger partial charge in [0.2, 0.25) is 5.75 Å². The van der Waals surface area contributed by atoms with Gasteiger partial charge in [0.15, 0.2) is 5.69 Å². The molecule has 0 unspecified atom stereocenters. The molecule has 0 aliphatic rings. The van der Waals surface area contributed by atoms with Crippen LogP contribution in [-0.2, 0) is 6.18 Å². The first-order valence-electron chi connectivity index (χ1n) is 5.23. The van der Waals surface area contributed by atoms with Gasteiger partial charge in [-0.15, -0.1) is 0 Å². The molecule has 5 nitrogen and oxygen atoms in total. The summed E-state index contributed by atoms with van der Waals surface area (Å²) in [5, 5.41) is 11.3. The Morgan fingerprint density at radius 1 is 1.40 bits per heavy atom. The third kappa shape index (κ3) is 3.05. The van der Waals surface area contributed by atoms with Crippen LogP contribution in [-0.4, -0.2) is 9.91 Å². The number of aryl methyl sites for hydroxylation is 1. The quantitative estimate of drug-likeness (QED) is 0.630. The number of aromatic nitrogens is 1. The number of nitro benzene ring substituents is 1. The molecule has 0 aliphatic carbocycles. The van der Waals surface area contributed by atoms with Crippen LogP contribution in [0.25, 0.3) is 0 Å². The normalized spacial score (nSPS) is 11.4. The standard InChI is InChI=1S/C11H7F3N2O3S/c1-6-2-3-7(16(17)18)8(4-6)19-10-15-9(5-20-10)11(12,13)14/h2-5H,1H3. The number of rotatable bonds is 3. The molecule has 0 saturated heterocycles. The van der Waals surface area contributed by atoms with Crippen molar-refractivity contribution < 1.29 is 22.8 Å². The minimum atomic E-state index is -4.57. The molecule has 0 radical (unpaired) electrons. The molecular weight excluding hydrogens is 297 g/mol. The number of hydrogen-bond donors (Lipinski definition) is 0. The lowest BCUT2D eigenvalue weighted by Gasteiger charge is -2.04. The first-order valence-corrected chi connectivity index (χ1v) is 6.11. The van der Waals surface area contributed by atoms with Crippen LogP contribution in [0.2, 0.25) is 0 Å². The van der Waals surface area contributed by atoms with Gasteiger partial charge in [-0.05, 0) is 18.6 Å². The average Bonchev–Trinajstić information content (AvgIpc) is 2.76. The van der Waals surface area contributed by atoms with Crippen molar-refractivity contribution in [2.45, 2.75) is 13.1 Å². The van der Waals surface area contributed by atoms with Crippen molar-refractivity contribution in [3.8, 4) is 10.9 Å². The molecule has 0 saturated carbocycles. The van der Waals surface area contributed by atoms with E-state index in [0.29, 0.717) is 16.9 Å². The molecule has 0 N–H and O–H groups in total. The Hall–Kier alpha value is -2.16. The summed E-state index contributed by atoms with van der Waals surface area (Å²) in [6.07, 6.45) is -4.57. The second kappa shape index (κ2) is 5.08. The lowest BCUT2D eigenvalue weighted by Crippen LogP contribution is -2.04. The number of alkyl halides is 3. The van der Waals surface area contributed by atoms with Gasteiger partial charge in [-0.1, -0.05) is 17.4 Å². The van der Waals surface area contributed by atoms with E-state index < -0.39 is 16.8 Å². The topological polar surface area (TPSA) is 65.3 Å². The summed E-state index contributed by atoms with van der Waals surface area (Å²) in [4.78, 5) is 13.4. The SMILES string of the molecule is Cc1ccc([N+](=O)[O-])c(Oc2nc(C(F)(F)F)cs2)c1. The van der Waals surface area contributed by atoms with Gasteiger partial charge < -0.3 is 4.74 Å². The van der Waals surface area contributed by atoms with E-state index in [2.05, 4.69) is 4.98 Å². The number of nitrogens with zero attached hydrogens (tertiary/aromatic N) is 2. The van der Waals surface area contributed by atoms with Crippen molar-refractivity contribution in [2.24, 2.45) is 0 Å². The Bertz CT molecular complexity index is 655. The summed E-state index contributed by atoms with van der Waals surface area (Å²) in [5.41, 5.74) is -0.745. The van der Waals surface area contributed by atoms with E-state index in [4.69, 9.17) is 4.74 Å². The van der Waals surface area contributed by atoms with Crippen LogP contribution in [0.5, 0.6) is 10.9 Å². The fourth-order valence-corrected chi connectivity index (χ4v) is 2.07. The smallest absolute Gasteiger partial charge is 0.423 e. The number of ether oxygens (including phenoxy) is 1. The van der Waals surface area contributed by atoms with Gasteiger partial charge in [-0.2, -0.15) is 18.2 Å². The molecule has 9 heteroatoms. The molecule has 0 fully saturated rings. The van der Waals surface area contributed by atoms with Crippen LogP contribution in [0, 0.1) is 17.0 Å². The van der Waals surface area contributed by atoms with Gasteiger partial charge in [-0.25, -0.2) is 0 Å². The first kappa shape index (κ1) is 14.3. The molecule has 106 valence electrons. The lowest BCUT2D eigenvalue weighted by molar-refractivity contribution is -0.385. The number of hydrogen-bond acceptors (Lipinski definition) is 5. The summed E-state index contributed by atoms with van der Waals surface area (Å²) in [7, 11) is 0. The summed E-state index contributed by atoms with van der Waals surface area (Å²) < 4.78 is 42.3. The largest absolute Gasteiger partial charge is 0.434 e. The summed E-state index contributed by atoms with van der Waals surface area (Å²) in [5.74, 6) is -0.141. The van der Waals surface area contributed by atoms with E-state index in [0.717, 1.165) is 5.38 Å². The maximum atomic E-state index is 12.4. The number of benzene rings is 1. The summed E-state index contributed by atoms with van der Waals surface area (Å²) >= 11 is 0.622. The Balaban J connectivity index is 2.32. The van der Waals surface area contributed by atoms with Gasteiger partial charge in [0.25, 0.3) is 5.19 Å². The number of halogens is 3. The second-order valence-corrected chi connectivity index (χ2v) is 4.65. The van der Waals surface area contributed by atoms with Crippen LogP contribution < -0.4 is 4.74 Å². The molecule has 0 bridgehead atoms. The highest BCUT2D eigenvalue weighted by Crippen LogP contribution is 2.37. The number of nitro groups is 1. The lowest BCUT2D eigenvalue weighted by atomic mass is 10.2. The maximum Gasteiger partial charge on any atom is 0.434 e. The molecule has 0 spiro atoms. The van der Waals surface area contributed by atoms with Gasteiger partial charge in [0.1, 0.15) is 0 Å². The Morgan fingerprint density at radius 2 is 2.10 bits per heavy atom. The van der Waals surface area contributed by atoms with Crippen molar-refractivity contribution in [3.63, 3.8) is 0 Å². The van der Waals surface area contributed by atoms with E-state index >= 15 is 0 Å². The maximum absolute atomic E-state index is 12.4. The van der Waals surface area contributed by atoms with Crippen LogP contribution in [0.3, 0.4) is 0 Å². The van der Waals surface area contributed by atoms with Crippen molar-refractivity contribution in [3.05, 3.63) is 45.0 Å². The summed E-state index contributed by atoms with van der Waals surface area (Å²) in [6.45, 7) is 1.68. The van der Waals surface area contributed by atoms with E-state index in [1.54, 1.807) is 6.92 Å². The average molecular weight is 304 g/mol. The minimum Gasteiger partial charge on any atom is -0.423 e. The van der Waals surface area contributed by atoms with Crippen molar-refractivity contribution >= 4 is 17.0 Å². The zero-order chi connectivity index (χ0) is 14.9. The monoisotopic (exact) mass is 304 g/mol. The molecule has 0 atom stereocenters. The van der Waals surface area contributed by atoms with Crippen LogP contribution in [0.1, 0.15) is 11.3 Å². The highest BCUT2D eigenvalue weighted by molar-refractivity contribution is 7.11. The fourth-order valence-electron chi connectivity index (χ4n) is 1.38. The third-order valence-electron chi connectivity index (χ3n) is 2.28. The Morgan fingerprint density at radius 3 is 2.65 bits per heavy atom. The predicted molar refractivity (Wildman–Crippen MR) is 65.0 cm³/mol. The van der Waals surface area contributed by atoms with Crippen molar-refractivity contribution in [2.75, 3.05) is 0 Å².